The van der Waals surface area contributed by atoms with Gasteiger partial charge >= 0.3 is 0 Å². The number of aromatic nitrogens is 1. The molecule has 31 heavy (non-hydrogen) atoms. The summed E-state index contributed by atoms with van der Waals surface area (Å²) < 4.78 is 0. The molecule has 2 aromatic rings. The van der Waals surface area contributed by atoms with Crippen LogP contribution >= 0.6 is 0 Å². The van der Waals surface area contributed by atoms with Gasteiger partial charge in [0.15, 0.2) is 0 Å². The van der Waals surface area contributed by atoms with Crippen LogP contribution in [0.2, 0.25) is 0 Å². The molecule has 2 aliphatic heterocycles. The van der Waals surface area contributed by atoms with Crippen LogP contribution in [0.3, 0.4) is 0 Å². The third-order valence-corrected chi connectivity index (χ3v) is 6.03. The molecule has 4 rings (SSSR count). The number of benzene rings is 1. The van der Waals surface area contributed by atoms with E-state index in [1.54, 1.807) is 6.20 Å². The first-order valence-corrected chi connectivity index (χ1v) is 10.7. The van der Waals surface area contributed by atoms with Gasteiger partial charge in [-0.3, -0.25) is 9.88 Å². The van der Waals surface area contributed by atoms with E-state index < -0.39 is 0 Å². The van der Waals surface area contributed by atoms with Crippen molar-refractivity contribution in [2.24, 2.45) is 22.0 Å². The number of likely N-dealkylation sites (tertiary alicyclic amines) is 1. The topological polar surface area (TPSA) is 64.9 Å². The summed E-state index contributed by atoms with van der Waals surface area (Å²) in [4.78, 5) is 6.67. The van der Waals surface area contributed by atoms with Crippen LogP contribution in [-0.2, 0) is 6.54 Å². The minimum atomic E-state index is 0.326. The summed E-state index contributed by atoms with van der Waals surface area (Å²) >= 11 is 0. The summed E-state index contributed by atoms with van der Waals surface area (Å²) in [5.41, 5.74) is 5.87. The largest absolute Gasteiger partial charge is 0.379 e. The lowest BCUT2D eigenvalue weighted by Crippen LogP contribution is -2.40. The number of hydrogen-bond acceptors (Lipinski definition) is 6. The van der Waals surface area contributed by atoms with E-state index >= 15 is 0 Å². The van der Waals surface area contributed by atoms with Gasteiger partial charge in [-0.25, -0.2) is 0 Å². The van der Waals surface area contributed by atoms with Crippen LogP contribution < -0.4 is 10.6 Å². The highest BCUT2D eigenvalue weighted by atomic mass is 15.3. The Bertz CT molecular complexity index is 1020. The lowest BCUT2D eigenvalue weighted by molar-refractivity contribution is 0.318. The Labute approximate surface area is 184 Å². The fraction of sp³-hybridized carbons (Fsp3) is 0.320. The molecule has 0 saturated carbocycles. The van der Waals surface area contributed by atoms with E-state index in [9.17, 15) is 0 Å². The molecule has 1 fully saturated rings. The lowest BCUT2D eigenvalue weighted by Gasteiger charge is -2.23. The number of rotatable bonds is 7. The van der Waals surface area contributed by atoms with Crippen molar-refractivity contribution in [1.29, 1.82) is 0 Å². The Hall–Kier alpha value is -3.25. The second-order valence-corrected chi connectivity index (χ2v) is 8.42. The summed E-state index contributed by atoms with van der Waals surface area (Å²) in [6.07, 6.45) is 3.60. The molecule has 2 aliphatic rings. The van der Waals surface area contributed by atoms with Gasteiger partial charge in [0.1, 0.15) is 11.5 Å². The van der Waals surface area contributed by atoms with E-state index in [1.807, 2.05) is 19.2 Å². The second kappa shape index (κ2) is 9.27. The van der Waals surface area contributed by atoms with Gasteiger partial charge < -0.3 is 10.6 Å². The molecule has 2 N–H and O–H groups in total. The maximum absolute atomic E-state index is 4.53. The van der Waals surface area contributed by atoms with Gasteiger partial charge in [-0.05, 0) is 30.0 Å². The van der Waals surface area contributed by atoms with Crippen LogP contribution in [-0.4, -0.2) is 41.1 Å². The highest BCUT2D eigenvalue weighted by molar-refractivity contribution is 6.07. The van der Waals surface area contributed by atoms with E-state index in [1.165, 1.54) is 5.56 Å². The molecule has 0 spiro atoms. The maximum Gasteiger partial charge on any atom is 0.134 e. The molecule has 0 bridgehead atoms. The number of aryl methyl sites for hydroxylation is 1. The Balaban J connectivity index is 1.37. The first-order valence-electron chi connectivity index (χ1n) is 10.7. The fourth-order valence-electron chi connectivity index (χ4n) is 4.19. The molecule has 1 aromatic carbocycles. The van der Waals surface area contributed by atoms with Crippen LogP contribution in [0.1, 0.15) is 23.6 Å². The fourth-order valence-corrected chi connectivity index (χ4v) is 4.19. The zero-order chi connectivity index (χ0) is 21.8. The van der Waals surface area contributed by atoms with Gasteiger partial charge in [-0.2, -0.15) is 0 Å². The quantitative estimate of drug-likeness (QED) is 0.727. The number of nitrogens with one attached hydrogen (secondary N) is 2. The number of amidine groups is 1. The molecular formula is C25H30N6. The molecule has 1 aromatic heterocycles. The lowest BCUT2D eigenvalue weighted by atomic mass is 9.96. The zero-order valence-corrected chi connectivity index (χ0v) is 18.3. The van der Waals surface area contributed by atoms with Crippen molar-refractivity contribution in [1.82, 2.24) is 20.5 Å². The molecule has 2 atom stereocenters. The van der Waals surface area contributed by atoms with Gasteiger partial charge in [0.25, 0.3) is 0 Å². The highest BCUT2D eigenvalue weighted by Crippen LogP contribution is 2.26. The maximum atomic E-state index is 4.53. The molecular weight excluding hydrogens is 384 g/mol. The van der Waals surface area contributed by atoms with Crippen LogP contribution in [0.5, 0.6) is 0 Å². The van der Waals surface area contributed by atoms with Crippen molar-refractivity contribution in [2.45, 2.75) is 20.4 Å². The second-order valence-electron chi connectivity index (χ2n) is 8.42. The molecule has 0 radical (unpaired) electrons. The molecule has 0 aliphatic carbocycles. The van der Waals surface area contributed by atoms with E-state index in [-0.39, 0.29) is 0 Å². The van der Waals surface area contributed by atoms with Crippen LogP contribution in [0.25, 0.3) is 5.70 Å². The summed E-state index contributed by atoms with van der Waals surface area (Å²) in [6, 6.07) is 12.6. The van der Waals surface area contributed by atoms with Gasteiger partial charge in [-0.15, -0.1) is 10.2 Å². The first-order chi connectivity index (χ1) is 15.0. The average molecular weight is 415 g/mol. The molecule has 0 amide bonds. The normalized spacial score (nSPS) is 21.3. The highest BCUT2D eigenvalue weighted by Gasteiger charge is 2.34. The molecule has 6 heteroatoms. The van der Waals surface area contributed by atoms with E-state index in [4.69, 9.17) is 0 Å². The zero-order valence-electron chi connectivity index (χ0n) is 18.3. The van der Waals surface area contributed by atoms with Gasteiger partial charge in [0.05, 0.1) is 12.2 Å². The summed E-state index contributed by atoms with van der Waals surface area (Å²) in [5, 5.41) is 15.7. The van der Waals surface area contributed by atoms with Gasteiger partial charge in [0.2, 0.25) is 0 Å². The summed E-state index contributed by atoms with van der Waals surface area (Å²) in [6.45, 7) is 16.1. The van der Waals surface area contributed by atoms with Crippen LogP contribution in [0, 0.1) is 18.8 Å². The van der Waals surface area contributed by atoms with Crippen molar-refractivity contribution < 1.29 is 0 Å². The Kier molecular flexibility index (Phi) is 6.28. The van der Waals surface area contributed by atoms with Gasteiger partial charge in [-0.1, -0.05) is 50.4 Å². The predicted molar refractivity (Wildman–Crippen MR) is 128 cm³/mol. The smallest absolute Gasteiger partial charge is 0.134 e. The molecule has 160 valence electrons. The number of pyridine rings is 1. The Morgan fingerprint density at radius 3 is 2.74 bits per heavy atom. The molecule has 2 unspecified atom stereocenters. The third-order valence-electron chi connectivity index (χ3n) is 6.03. The SMILES string of the molecule is C=C1NC(C2CN(Cc3ccccc3)CC2C)=NN=C1CNC(=C)c1cnccc1C. The number of nitrogens with zero attached hydrogens (tertiary/aromatic N) is 4. The average Bonchev–Trinajstić information content (AvgIpc) is 3.13. The van der Waals surface area contributed by atoms with E-state index in [2.05, 4.69) is 81.1 Å². The Morgan fingerprint density at radius 1 is 1.19 bits per heavy atom. The van der Waals surface area contributed by atoms with Crippen molar-refractivity contribution in [3.8, 4) is 0 Å². The first kappa shape index (κ1) is 21.0. The van der Waals surface area contributed by atoms with Crippen molar-refractivity contribution in [3.05, 3.63) is 84.3 Å². The summed E-state index contributed by atoms with van der Waals surface area (Å²) in [7, 11) is 0. The Morgan fingerprint density at radius 2 is 2.00 bits per heavy atom. The van der Waals surface area contributed by atoms with Crippen molar-refractivity contribution in [2.75, 3.05) is 19.6 Å². The van der Waals surface area contributed by atoms with Crippen molar-refractivity contribution in [3.63, 3.8) is 0 Å². The monoisotopic (exact) mass is 414 g/mol. The van der Waals surface area contributed by atoms with Crippen molar-refractivity contribution >= 4 is 17.2 Å². The minimum Gasteiger partial charge on any atom is -0.379 e. The van der Waals surface area contributed by atoms with E-state index in [0.29, 0.717) is 18.4 Å². The third kappa shape index (κ3) is 4.91. The molecule has 3 heterocycles. The predicted octanol–water partition coefficient (Wildman–Crippen LogP) is 3.59. The molecule has 6 nitrogen and oxygen atoms in total. The number of hydrogen-bond donors (Lipinski definition) is 2. The molecule has 1 saturated heterocycles. The van der Waals surface area contributed by atoms with Crippen LogP contribution in [0.15, 0.2) is 77.8 Å². The van der Waals surface area contributed by atoms with Crippen LogP contribution in [0.4, 0.5) is 0 Å². The standard InChI is InChI=1S/C25H30N6/c1-17-10-11-26-12-22(17)19(3)27-13-24-20(4)28-25(30-29-24)23-16-31(14-18(23)2)15-21-8-6-5-7-9-21/h5-12,18,23,27H,3-4,13-16H2,1-2H3,(H,28,30). The van der Waals surface area contributed by atoms with E-state index in [0.717, 1.165) is 53.7 Å². The van der Waals surface area contributed by atoms with Gasteiger partial charge in [0, 0.05) is 49.2 Å². The minimum absolute atomic E-state index is 0.326. The summed E-state index contributed by atoms with van der Waals surface area (Å²) in [5.74, 6) is 1.75.